The Balaban J connectivity index is 2.66. The summed E-state index contributed by atoms with van der Waals surface area (Å²) >= 11 is 4.39. The maximum atomic E-state index is 14.6. The zero-order valence-corrected chi connectivity index (χ0v) is 30.0. The van der Waals surface area contributed by atoms with Crippen LogP contribution in [0.1, 0.15) is 98.4 Å². The molecule has 0 aliphatic heterocycles. The Kier molecular flexibility index (Phi) is 13.7. The van der Waals surface area contributed by atoms with Crippen LogP contribution in [0, 0.1) is 0 Å². The molecule has 9 nitrogen and oxygen atoms in total. The average molecular weight is 656 g/mol. The van der Waals surface area contributed by atoms with E-state index in [9.17, 15) is 19.2 Å². The van der Waals surface area contributed by atoms with E-state index in [-0.39, 0.29) is 12.2 Å². The van der Waals surface area contributed by atoms with Crippen molar-refractivity contribution in [2.75, 3.05) is 5.75 Å². The number of nitrogens with zero attached hydrogens (tertiary/aromatic N) is 1. The highest BCUT2D eigenvalue weighted by atomic mass is 32.1. The maximum absolute atomic E-state index is 14.6. The van der Waals surface area contributed by atoms with E-state index in [4.69, 9.17) is 9.47 Å². The predicted molar refractivity (Wildman–Crippen MR) is 185 cm³/mol. The van der Waals surface area contributed by atoms with Gasteiger partial charge in [-0.25, -0.2) is 9.59 Å². The summed E-state index contributed by atoms with van der Waals surface area (Å²) in [6.45, 7) is 18.2. The summed E-state index contributed by atoms with van der Waals surface area (Å²) < 4.78 is 11.1. The van der Waals surface area contributed by atoms with E-state index in [1.165, 1.54) is 4.90 Å². The van der Waals surface area contributed by atoms with Gasteiger partial charge in [-0.05, 0) is 84.9 Å². The van der Waals surface area contributed by atoms with Crippen LogP contribution in [0.2, 0.25) is 0 Å². The van der Waals surface area contributed by atoms with Gasteiger partial charge in [-0.2, -0.15) is 12.6 Å². The lowest BCUT2D eigenvalue weighted by molar-refractivity contribution is -0.159. The molecule has 3 atom stereocenters. The van der Waals surface area contributed by atoms with Crippen molar-refractivity contribution in [2.45, 2.75) is 123 Å². The molecule has 0 heterocycles. The van der Waals surface area contributed by atoms with Gasteiger partial charge in [0.1, 0.15) is 29.3 Å². The lowest BCUT2D eigenvalue weighted by Crippen LogP contribution is -2.60. The number of ether oxygens (including phenoxy) is 2. The molecule has 0 spiro atoms. The average Bonchev–Trinajstić information content (AvgIpc) is 2.96. The number of alkyl carbamates (subject to hydrolysis) is 1. The molecule has 2 aromatic rings. The van der Waals surface area contributed by atoms with Crippen molar-refractivity contribution in [1.29, 1.82) is 0 Å². The van der Waals surface area contributed by atoms with E-state index in [0.29, 0.717) is 12.0 Å². The first-order valence-corrected chi connectivity index (χ1v) is 16.5. The molecule has 10 heteroatoms. The van der Waals surface area contributed by atoms with E-state index in [2.05, 4.69) is 23.3 Å². The second-order valence-electron chi connectivity index (χ2n) is 14.0. The quantitative estimate of drug-likeness (QED) is 0.175. The summed E-state index contributed by atoms with van der Waals surface area (Å²) in [5.74, 6) is -1.69. The third kappa shape index (κ3) is 11.7. The first kappa shape index (κ1) is 38.7. The lowest BCUT2D eigenvalue weighted by atomic mass is 9.91. The topological polar surface area (TPSA) is 114 Å². The molecule has 0 saturated heterocycles. The van der Waals surface area contributed by atoms with Crippen molar-refractivity contribution in [2.24, 2.45) is 0 Å². The molecule has 46 heavy (non-hydrogen) atoms. The van der Waals surface area contributed by atoms with Crippen molar-refractivity contribution in [3.8, 4) is 0 Å². The molecule has 0 fully saturated rings. The van der Waals surface area contributed by atoms with Gasteiger partial charge in [0.25, 0.3) is 0 Å². The number of carbonyl (C=O) groups is 4. The second-order valence-corrected chi connectivity index (χ2v) is 14.4. The number of hydrogen-bond acceptors (Lipinski definition) is 7. The van der Waals surface area contributed by atoms with Crippen LogP contribution >= 0.6 is 12.6 Å². The molecule has 0 aliphatic carbocycles. The highest BCUT2D eigenvalue weighted by Crippen LogP contribution is 2.33. The molecule has 0 aromatic heterocycles. The largest absolute Gasteiger partial charge is 0.458 e. The summed E-state index contributed by atoms with van der Waals surface area (Å²) in [6.07, 6.45) is 0.698. The number of carbonyl (C=O) groups excluding carboxylic acids is 4. The summed E-state index contributed by atoms with van der Waals surface area (Å²) in [7, 11) is 0. The zero-order valence-electron chi connectivity index (χ0n) is 29.1. The van der Waals surface area contributed by atoms with Gasteiger partial charge in [0, 0.05) is 17.7 Å². The molecular formula is C36H53N3O6S. The highest BCUT2D eigenvalue weighted by Gasteiger charge is 2.44. The van der Waals surface area contributed by atoms with Gasteiger partial charge in [-0.15, -0.1) is 0 Å². The summed E-state index contributed by atoms with van der Waals surface area (Å²) in [5, 5.41) is 5.58. The number of hydrogen-bond donors (Lipinski definition) is 3. The maximum Gasteiger partial charge on any atom is 0.408 e. The number of nitrogens with one attached hydrogen (secondary N) is 2. The van der Waals surface area contributed by atoms with Crippen LogP contribution in [-0.4, -0.2) is 63.4 Å². The fourth-order valence-electron chi connectivity index (χ4n) is 4.77. The highest BCUT2D eigenvalue weighted by molar-refractivity contribution is 7.80. The van der Waals surface area contributed by atoms with Crippen LogP contribution in [0.15, 0.2) is 54.6 Å². The van der Waals surface area contributed by atoms with E-state index in [1.807, 2.05) is 82.3 Å². The second kappa shape index (κ2) is 16.3. The lowest BCUT2D eigenvalue weighted by Gasteiger charge is -2.44. The number of esters is 1. The minimum absolute atomic E-state index is 0.0357. The Hall–Kier alpha value is -3.53. The van der Waals surface area contributed by atoms with Crippen molar-refractivity contribution in [1.82, 2.24) is 15.5 Å². The molecule has 2 aromatic carbocycles. The van der Waals surface area contributed by atoms with E-state index < -0.39 is 58.7 Å². The number of thiol groups is 1. The molecule has 3 unspecified atom stereocenters. The van der Waals surface area contributed by atoms with Gasteiger partial charge in [-0.1, -0.05) is 68.4 Å². The fraction of sp³-hybridized carbons (Fsp3) is 0.556. The fourth-order valence-corrected chi connectivity index (χ4v) is 5.02. The van der Waals surface area contributed by atoms with Crippen LogP contribution in [0.4, 0.5) is 4.79 Å². The van der Waals surface area contributed by atoms with Crippen molar-refractivity contribution in [3.63, 3.8) is 0 Å². The van der Waals surface area contributed by atoms with Crippen LogP contribution in [-0.2, 0) is 36.7 Å². The Labute approximate surface area is 280 Å². The molecular weight excluding hydrogens is 602 g/mol. The number of benzene rings is 2. The SMILES string of the molecule is CCc1ccc(C(C(=O)NC(Cc2ccccc2)C(=O)OC(C)(C)C)N(C(=O)C(CS)NC(=O)OC(C)(C)C)C(C)(C)CC)cc1. The first-order chi connectivity index (χ1) is 21.3. The Bertz CT molecular complexity index is 1320. The molecule has 0 bridgehead atoms. The summed E-state index contributed by atoms with van der Waals surface area (Å²) in [4.78, 5) is 56.8. The first-order valence-electron chi connectivity index (χ1n) is 15.9. The Morgan fingerprint density at radius 2 is 1.33 bits per heavy atom. The predicted octanol–water partition coefficient (Wildman–Crippen LogP) is 6.20. The molecule has 0 saturated carbocycles. The summed E-state index contributed by atoms with van der Waals surface area (Å²) in [5.41, 5.74) is 0.0238. The van der Waals surface area contributed by atoms with Crippen molar-refractivity contribution in [3.05, 3.63) is 71.3 Å². The van der Waals surface area contributed by atoms with E-state index in [0.717, 1.165) is 17.5 Å². The molecule has 254 valence electrons. The van der Waals surface area contributed by atoms with Crippen LogP contribution in [0.5, 0.6) is 0 Å². The molecule has 0 radical (unpaired) electrons. The van der Waals surface area contributed by atoms with Gasteiger partial charge in [-0.3, -0.25) is 9.59 Å². The normalized spacial score (nSPS) is 14.0. The molecule has 2 N–H and O–H groups in total. The molecule has 2 rings (SSSR count). The van der Waals surface area contributed by atoms with Gasteiger partial charge in [0.05, 0.1) is 0 Å². The summed E-state index contributed by atoms with van der Waals surface area (Å²) in [6, 6.07) is 13.5. The zero-order chi connectivity index (χ0) is 34.9. The smallest absolute Gasteiger partial charge is 0.408 e. The molecule has 0 aliphatic rings. The van der Waals surface area contributed by atoms with E-state index in [1.54, 1.807) is 41.5 Å². The number of rotatable bonds is 13. The third-order valence-corrected chi connectivity index (χ3v) is 7.79. The number of amides is 3. The Morgan fingerprint density at radius 3 is 1.80 bits per heavy atom. The molecule has 3 amide bonds. The van der Waals surface area contributed by atoms with E-state index >= 15 is 0 Å². The van der Waals surface area contributed by atoms with Crippen LogP contribution < -0.4 is 10.6 Å². The van der Waals surface area contributed by atoms with Gasteiger partial charge >= 0.3 is 12.1 Å². The van der Waals surface area contributed by atoms with Crippen molar-refractivity contribution >= 4 is 36.5 Å². The minimum atomic E-state index is -1.16. The van der Waals surface area contributed by atoms with Gasteiger partial charge in [0.2, 0.25) is 11.8 Å². The standard InChI is InChI=1S/C36H53N3O6S/c1-11-24-18-20-26(21-19-24)29(30(40)37-27(32(42)44-34(3,4)5)22-25-16-14-13-15-17-25)39(36(9,10)12-2)31(41)28(23-46)38-33(43)45-35(6,7)8/h13-21,27-29,46H,11-12,22-23H2,1-10H3,(H,37,40)(H,38,43). The minimum Gasteiger partial charge on any atom is -0.458 e. The van der Waals surface area contributed by atoms with Crippen LogP contribution in [0.25, 0.3) is 0 Å². The van der Waals surface area contributed by atoms with Gasteiger partial charge < -0.3 is 25.0 Å². The van der Waals surface area contributed by atoms with Gasteiger partial charge in [0.15, 0.2) is 0 Å². The van der Waals surface area contributed by atoms with Crippen molar-refractivity contribution < 1.29 is 28.7 Å². The third-order valence-electron chi connectivity index (χ3n) is 7.43. The van der Waals surface area contributed by atoms with Crippen LogP contribution in [0.3, 0.4) is 0 Å². The Morgan fingerprint density at radius 1 is 0.761 bits per heavy atom. The monoisotopic (exact) mass is 655 g/mol. The number of aryl methyl sites for hydroxylation is 1.